The van der Waals surface area contributed by atoms with Gasteiger partial charge >= 0.3 is 12.1 Å². The van der Waals surface area contributed by atoms with Gasteiger partial charge in [-0.2, -0.15) is 13.2 Å². The van der Waals surface area contributed by atoms with Crippen molar-refractivity contribution in [2.45, 2.75) is 12.6 Å². The average Bonchev–Trinajstić information content (AvgIpc) is 2.17. The quantitative estimate of drug-likeness (QED) is 0.518. The lowest BCUT2D eigenvalue weighted by Gasteiger charge is -2.08. The Morgan fingerprint density at radius 3 is 2.33 bits per heavy atom. The number of halogens is 4. The van der Waals surface area contributed by atoms with Gasteiger partial charge in [0.2, 0.25) is 0 Å². The number of hydrogen-bond donors (Lipinski definition) is 1. The lowest BCUT2D eigenvalue weighted by atomic mass is 10.1. The van der Waals surface area contributed by atoms with E-state index in [2.05, 4.69) is 0 Å². The Morgan fingerprint density at radius 2 is 1.94 bits per heavy atom. The van der Waals surface area contributed by atoms with E-state index in [-0.39, 0.29) is 12.1 Å². The molecule has 0 atom stereocenters. The molecular formula is C9H5F4NO4. The van der Waals surface area contributed by atoms with Gasteiger partial charge in [-0.05, 0) is 6.07 Å². The Morgan fingerprint density at radius 1 is 1.39 bits per heavy atom. The zero-order valence-electron chi connectivity index (χ0n) is 8.49. The van der Waals surface area contributed by atoms with Crippen LogP contribution in [-0.4, -0.2) is 22.2 Å². The van der Waals surface area contributed by atoms with Crippen LogP contribution < -0.4 is 0 Å². The maximum atomic E-state index is 13.2. The number of alkyl halides is 3. The lowest BCUT2D eigenvalue weighted by molar-refractivity contribution is -0.385. The van der Waals surface area contributed by atoms with Crippen LogP contribution in [0.2, 0.25) is 0 Å². The maximum absolute atomic E-state index is 13.2. The third-order valence-electron chi connectivity index (χ3n) is 1.98. The van der Waals surface area contributed by atoms with Gasteiger partial charge in [-0.1, -0.05) is 0 Å². The highest BCUT2D eigenvalue weighted by Gasteiger charge is 2.32. The van der Waals surface area contributed by atoms with Crippen molar-refractivity contribution in [2.24, 2.45) is 0 Å². The molecule has 0 aromatic heterocycles. The molecule has 9 heteroatoms. The standard InChI is InChI=1S/C9H5F4NO4/c10-6-2-5(8(15)16)7(14(17)18)1-4(6)3-9(11,12)13/h1-2H,3H2,(H,15,16). The van der Waals surface area contributed by atoms with E-state index < -0.39 is 46.1 Å². The van der Waals surface area contributed by atoms with E-state index in [0.29, 0.717) is 0 Å². The molecule has 0 radical (unpaired) electrons. The first-order valence-electron chi connectivity index (χ1n) is 4.38. The van der Waals surface area contributed by atoms with Gasteiger partial charge in [0, 0.05) is 11.6 Å². The van der Waals surface area contributed by atoms with Gasteiger partial charge in [-0.25, -0.2) is 9.18 Å². The van der Waals surface area contributed by atoms with E-state index in [1.165, 1.54) is 0 Å². The number of nitro groups is 1. The number of nitrogens with zero attached hydrogens (tertiary/aromatic N) is 1. The molecule has 1 N–H and O–H groups in total. The summed E-state index contributed by atoms with van der Waals surface area (Å²) >= 11 is 0. The molecule has 1 aromatic carbocycles. The molecule has 0 aliphatic carbocycles. The Hall–Kier alpha value is -2.19. The second kappa shape index (κ2) is 4.59. The summed E-state index contributed by atoms with van der Waals surface area (Å²) in [6, 6.07) is 0.494. The molecule has 0 heterocycles. The van der Waals surface area contributed by atoms with Gasteiger partial charge in [0.25, 0.3) is 5.69 Å². The summed E-state index contributed by atoms with van der Waals surface area (Å²) in [6.45, 7) is 0. The van der Waals surface area contributed by atoms with Crippen LogP contribution in [0.5, 0.6) is 0 Å². The number of hydrogen-bond acceptors (Lipinski definition) is 3. The van der Waals surface area contributed by atoms with Crippen LogP contribution in [0.1, 0.15) is 15.9 Å². The van der Waals surface area contributed by atoms with Crippen LogP contribution in [0.4, 0.5) is 23.2 Å². The molecule has 18 heavy (non-hydrogen) atoms. The van der Waals surface area contributed by atoms with Gasteiger partial charge in [0.05, 0.1) is 11.3 Å². The highest BCUT2D eigenvalue weighted by atomic mass is 19.4. The molecule has 0 unspecified atom stereocenters. The number of nitro benzene ring substituents is 1. The first kappa shape index (κ1) is 13.9. The molecule has 0 bridgehead atoms. The number of carboxylic acids is 1. The van der Waals surface area contributed by atoms with Crippen molar-refractivity contribution in [1.82, 2.24) is 0 Å². The van der Waals surface area contributed by atoms with Gasteiger partial charge in [0.15, 0.2) is 0 Å². The minimum atomic E-state index is -4.75. The van der Waals surface area contributed by atoms with Crippen LogP contribution in [-0.2, 0) is 6.42 Å². The van der Waals surface area contributed by atoms with Crippen LogP contribution in [0.3, 0.4) is 0 Å². The summed E-state index contributed by atoms with van der Waals surface area (Å²) in [6.07, 6.45) is -6.46. The summed E-state index contributed by atoms with van der Waals surface area (Å²) in [5, 5.41) is 19.1. The normalized spacial score (nSPS) is 11.3. The molecule has 0 fully saturated rings. The van der Waals surface area contributed by atoms with E-state index in [0.717, 1.165) is 0 Å². The van der Waals surface area contributed by atoms with E-state index in [4.69, 9.17) is 5.11 Å². The molecule has 1 aromatic rings. The fourth-order valence-electron chi connectivity index (χ4n) is 1.28. The van der Waals surface area contributed by atoms with E-state index in [1.54, 1.807) is 0 Å². The number of carbonyl (C=O) groups is 1. The number of aromatic carboxylic acids is 1. The predicted molar refractivity (Wildman–Crippen MR) is 49.8 cm³/mol. The maximum Gasteiger partial charge on any atom is 0.393 e. The largest absolute Gasteiger partial charge is 0.477 e. The molecule has 1 rings (SSSR count). The second-order valence-electron chi connectivity index (χ2n) is 3.31. The summed E-state index contributed by atoms with van der Waals surface area (Å²) in [7, 11) is 0. The SMILES string of the molecule is O=C(O)c1cc(F)c(CC(F)(F)F)cc1[N+](=O)[O-]. The average molecular weight is 267 g/mol. The predicted octanol–water partition coefficient (Wildman–Crippen LogP) is 2.54. The fraction of sp³-hybridized carbons (Fsp3) is 0.222. The highest BCUT2D eigenvalue weighted by molar-refractivity contribution is 5.92. The lowest BCUT2D eigenvalue weighted by Crippen LogP contribution is -2.14. The molecule has 5 nitrogen and oxygen atoms in total. The number of carboxylic acid groups (broad SMARTS) is 1. The van der Waals surface area contributed by atoms with E-state index in [9.17, 15) is 32.5 Å². The first-order chi connectivity index (χ1) is 8.11. The van der Waals surface area contributed by atoms with Crippen molar-refractivity contribution in [3.8, 4) is 0 Å². The zero-order chi connectivity index (χ0) is 14.1. The van der Waals surface area contributed by atoms with Crippen LogP contribution >= 0.6 is 0 Å². The third kappa shape index (κ3) is 3.15. The minimum Gasteiger partial charge on any atom is -0.477 e. The molecule has 98 valence electrons. The summed E-state index contributed by atoms with van der Waals surface area (Å²) in [5.74, 6) is -3.24. The topological polar surface area (TPSA) is 80.4 Å². The summed E-state index contributed by atoms with van der Waals surface area (Å²) < 4.78 is 49.4. The Kier molecular flexibility index (Phi) is 3.54. The molecule has 0 amide bonds. The van der Waals surface area contributed by atoms with Crippen molar-refractivity contribution in [3.05, 3.63) is 39.2 Å². The molecular weight excluding hydrogens is 262 g/mol. The highest BCUT2D eigenvalue weighted by Crippen LogP contribution is 2.28. The Balaban J connectivity index is 3.36. The van der Waals surface area contributed by atoms with Crippen molar-refractivity contribution >= 4 is 11.7 Å². The Bertz CT molecular complexity index is 512. The number of benzene rings is 1. The van der Waals surface area contributed by atoms with Crippen LogP contribution in [0, 0.1) is 15.9 Å². The van der Waals surface area contributed by atoms with Gasteiger partial charge in [0.1, 0.15) is 11.4 Å². The van der Waals surface area contributed by atoms with Crippen molar-refractivity contribution in [2.75, 3.05) is 0 Å². The second-order valence-corrected chi connectivity index (χ2v) is 3.31. The monoisotopic (exact) mass is 267 g/mol. The van der Waals surface area contributed by atoms with E-state index >= 15 is 0 Å². The smallest absolute Gasteiger partial charge is 0.393 e. The summed E-state index contributed by atoms with van der Waals surface area (Å²) in [5.41, 5.74) is -3.05. The van der Waals surface area contributed by atoms with Gasteiger partial charge in [-0.3, -0.25) is 10.1 Å². The zero-order valence-corrected chi connectivity index (χ0v) is 8.49. The molecule has 0 aliphatic rings. The van der Waals surface area contributed by atoms with Crippen LogP contribution in [0.25, 0.3) is 0 Å². The van der Waals surface area contributed by atoms with Crippen molar-refractivity contribution in [1.29, 1.82) is 0 Å². The van der Waals surface area contributed by atoms with Crippen molar-refractivity contribution < 1.29 is 32.4 Å². The minimum absolute atomic E-state index is 0.210. The molecule has 0 spiro atoms. The first-order valence-corrected chi connectivity index (χ1v) is 4.38. The van der Waals surface area contributed by atoms with Crippen LogP contribution in [0.15, 0.2) is 12.1 Å². The molecule has 0 saturated carbocycles. The molecule has 0 aliphatic heterocycles. The van der Waals surface area contributed by atoms with Crippen molar-refractivity contribution in [3.63, 3.8) is 0 Å². The van der Waals surface area contributed by atoms with Gasteiger partial charge < -0.3 is 5.11 Å². The number of rotatable bonds is 3. The van der Waals surface area contributed by atoms with E-state index in [1.807, 2.05) is 0 Å². The summed E-state index contributed by atoms with van der Waals surface area (Å²) in [4.78, 5) is 19.9. The van der Waals surface area contributed by atoms with Gasteiger partial charge in [-0.15, -0.1) is 0 Å². The third-order valence-corrected chi connectivity index (χ3v) is 1.98. The Labute approximate surface area is 96.8 Å². The fourth-order valence-corrected chi connectivity index (χ4v) is 1.28. The molecule has 0 saturated heterocycles.